The van der Waals surface area contributed by atoms with Gasteiger partial charge >= 0.3 is 6.18 Å². The minimum absolute atomic E-state index is 0.00191. The van der Waals surface area contributed by atoms with Crippen LogP contribution in [-0.4, -0.2) is 63.5 Å². The molecule has 0 unspecified atom stereocenters. The van der Waals surface area contributed by atoms with Crippen LogP contribution in [0.4, 0.5) is 17.6 Å². The predicted octanol–water partition coefficient (Wildman–Crippen LogP) is 5.24. The van der Waals surface area contributed by atoms with E-state index in [9.17, 15) is 27.5 Å². The van der Waals surface area contributed by atoms with Crippen molar-refractivity contribution >= 4 is 5.91 Å². The second-order valence-corrected chi connectivity index (χ2v) is 12.4. The molecular formula is C33H31F4N5O5. The van der Waals surface area contributed by atoms with E-state index in [0.29, 0.717) is 5.75 Å². The average Bonchev–Trinajstić information content (AvgIpc) is 3.99. The summed E-state index contributed by atoms with van der Waals surface area (Å²) < 4.78 is 77.2. The third kappa shape index (κ3) is 5.64. The van der Waals surface area contributed by atoms with Gasteiger partial charge in [-0.15, -0.1) is 5.10 Å². The summed E-state index contributed by atoms with van der Waals surface area (Å²) in [5, 5.41) is 22.2. The maximum absolute atomic E-state index is 14.9. The Hall–Kier alpha value is -4.72. The topological polar surface area (TPSA) is 121 Å². The number of aliphatic hydroxyl groups is 1. The highest BCUT2D eigenvalue weighted by Gasteiger charge is 2.57. The van der Waals surface area contributed by atoms with Gasteiger partial charge in [0.05, 0.1) is 31.1 Å². The number of amides is 1. The molecule has 246 valence electrons. The first-order valence-corrected chi connectivity index (χ1v) is 15.2. The number of methoxy groups -OCH3 is 1. The lowest BCUT2D eigenvalue weighted by molar-refractivity contribution is -0.265. The first-order valence-electron chi connectivity index (χ1n) is 15.2. The highest BCUT2D eigenvalue weighted by Crippen LogP contribution is 2.49. The molecule has 0 spiro atoms. The smallest absolute Gasteiger partial charge is 0.424 e. The van der Waals surface area contributed by atoms with E-state index in [1.165, 1.54) is 37.4 Å². The van der Waals surface area contributed by atoms with E-state index in [0.717, 1.165) is 49.6 Å². The van der Waals surface area contributed by atoms with Gasteiger partial charge in [0.1, 0.15) is 23.7 Å². The number of nitrogens with zero attached hydrogens (tertiary/aromatic N) is 4. The van der Waals surface area contributed by atoms with Crippen molar-refractivity contribution in [3.63, 3.8) is 0 Å². The van der Waals surface area contributed by atoms with Gasteiger partial charge in [0.25, 0.3) is 5.91 Å². The zero-order valence-electron chi connectivity index (χ0n) is 25.5. The van der Waals surface area contributed by atoms with Crippen molar-refractivity contribution in [1.29, 1.82) is 0 Å². The normalized spacial score (nSPS) is 20.2. The largest absolute Gasteiger partial charge is 0.493 e. The maximum Gasteiger partial charge on any atom is 0.424 e. The van der Waals surface area contributed by atoms with Gasteiger partial charge in [0.2, 0.25) is 5.60 Å². The van der Waals surface area contributed by atoms with Crippen molar-refractivity contribution in [3.05, 3.63) is 83.1 Å². The van der Waals surface area contributed by atoms with E-state index in [1.807, 2.05) is 0 Å². The van der Waals surface area contributed by atoms with Crippen LogP contribution in [0.2, 0.25) is 0 Å². The van der Waals surface area contributed by atoms with Crippen LogP contribution < -0.4 is 19.5 Å². The van der Waals surface area contributed by atoms with E-state index >= 15 is 0 Å². The van der Waals surface area contributed by atoms with Gasteiger partial charge in [-0.1, -0.05) is 5.21 Å². The summed E-state index contributed by atoms with van der Waals surface area (Å²) in [6.07, 6.45) is 0.255. The number of carbonyl (C=O) groups excluding carboxylic acids is 1. The molecule has 3 heterocycles. The molecule has 14 heteroatoms. The summed E-state index contributed by atoms with van der Waals surface area (Å²) >= 11 is 0. The molecule has 2 atom stereocenters. The second kappa shape index (κ2) is 11.2. The number of hydrogen-bond acceptors (Lipinski definition) is 8. The number of rotatable bonds is 10. The molecule has 10 nitrogen and oxygen atoms in total. The molecule has 4 aromatic rings. The van der Waals surface area contributed by atoms with Gasteiger partial charge in [-0.2, -0.15) is 13.2 Å². The summed E-state index contributed by atoms with van der Waals surface area (Å²) in [4.78, 5) is 17.4. The van der Waals surface area contributed by atoms with Crippen LogP contribution in [0, 0.1) is 5.82 Å². The van der Waals surface area contributed by atoms with Crippen molar-refractivity contribution < 1.29 is 41.7 Å². The first-order chi connectivity index (χ1) is 22.4. The average molecular weight is 654 g/mol. The second-order valence-electron chi connectivity index (χ2n) is 12.4. The van der Waals surface area contributed by atoms with Gasteiger partial charge < -0.3 is 24.6 Å². The van der Waals surface area contributed by atoms with Crippen molar-refractivity contribution in [1.82, 2.24) is 25.3 Å². The fourth-order valence-corrected chi connectivity index (χ4v) is 5.58. The Morgan fingerprint density at radius 1 is 1.11 bits per heavy atom. The Bertz CT molecular complexity index is 1840. The van der Waals surface area contributed by atoms with Gasteiger partial charge in [-0.05, 0) is 81.1 Å². The Labute approximate surface area is 266 Å². The van der Waals surface area contributed by atoms with Crippen LogP contribution in [0.5, 0.6) is 17.2 Å². The molecule has 3 aliphatic rings. The standard InChI is InChI=1S/C33H31F4N5O5/c1-31(42-15-24(40-41-42)18-3-4-18)17-46-29-23(31)14-27(39-28(29)19-5-8-21(34)9-6-19)32(44,33(35,36)37)16-38-30(43)20-7-12-25(26(13-20)45-2)47-22-10-11-22/h5-9,12-15,18,22,44H,3-4,10-11,16-17H2,1-2H3,(H,38,43)/t31-,32-/m0/s1. The first kappa shape index (κ1) is 30.9. The molecule has 1 aliphatic heterocycles. The zero-order chi connectivity index (χ0) is 33.1. The Morgan fingerprint density at radius 3 is 2.51 bits per heavy atom. The van der Waals surface area contributed by atoms with E-state index in [2.05, 4.69) is 20.6 Å². The molecular weight excluding hydrogens is 622 g/mol. The zero-order valence-corrected chi connectivity index (χ0v) is 25.5. The number of ether oxygens (including phenoxy) is 3. The molecule has 47 heavy (non-hydrogen) atoms. The number of aromatic nitrogens is 4. The Balaban J connectivity index is 1.27. The van der Waals surface area contributed by atoms with E-state index in [1.54, 1.807) is 17.8 Å². The van der Waals surface area contributed by atoms with Crippen LogP contribution in [-0.2, 0) is 11.1 Å². The van der Waals surface area contributed by atoms with Crippen LogP contribution in [0.1, 0.15) is 65.8 Å². The summed E-state index contributed by atoms with van der Waals surface area (Å²) in [5.41, 5.74) is -4.29. The van der Waals surface area contributed by atoms with Gasteiger partial charge in [0.15, 0.2) is 17.2 Å². The molecule has 2 aromatic carbocycles. The SMILES string of the molecule is COc1cc(C(=O)NC[C@](O)(c2cc3c(c(-c4ccc(F)cc4)n2)OC[C@]3(C)n2cc(C3CC3)nn2)C(F)(F)F)ccc1OC1CC1. The molecule has 0 radical (unpaired) electrons. The molecule has 2 saturated carbocycles. The molecule has 2 fully saturated rings. The number of nitrogens with one attached hydrogen (secondary N) is 1. The molecule has 0 saturated heterocycles. The maximum atomic E-state index is 14.9. The van der Waals surface area contributed by atoms with Crippen molar-refractivity contribution in [2.24, 2.45) is 0 Å². The number of hydrogen-bond donors (Lipinski definition) is 2. The quantitative estimate of drug-likeness (QED) is 0.223. The van der Waals surface area contributed by atoms with Crippen LogP contribution in [0.25, 0.3) is 11.3 Å². The monoisotopic (exact) mass is 653 g/mol. The van der Waals surface area contributed by atoms with Crippen molar-refractivity contribution in [3.8, 4) is 28.5 Å². The Kier molecular flexibility index (Phi) is 7.38. The lowest BCUT2D eigenvalue weighted by Crippen LogP contribution is -2.51. The minimum atomic E-state index is -5.29. The highest BCUT2D eigenvalue weighted by molar-refractivity contribution is 5.95. The Morgan fingerprint density at radius 2 is 1.85 bits per heavy atom. The van der Waals surface area contributed by atoms with Crippen molar-refractivity contribution in [2.75, 3.05) is 20.3 Å². The molecule has 1 amide bonds. The summed E-state index contributed by atoms with van der Waals surface area (Å²) in [5.74, 6) is -0.334. The molecule has 0 bridgehead atoms. The van der Waals surface area contributed by atoms with Crippen LogP contribution in [0.3, 0.4) is 0 Å². The predicted molar refractivity (Wildman–Crippen MR) is 159 cm³/mol. The number of halogens is 4. The molecule has 2 aliphatic carbocycles. The summed E-state index contributed by atoms with van der Waals surface area (Å²) in [7, 11) is 1.39. The summed E-state index contributed by atoms with van der Waals surface area (Å²) in [6, 6.07) is 10.4. The van der Waals surface area contributed by atoms with E-state index in [-0.39, 0.29) is 52.5 Å². The minimum Gasteiger partial charge on any atom is -0.493 e. The number of pyridine rings is 1. The third-order valence-electron chi connectivity index (χ3n) is 8.82. The number of fused-ring (bicyclic) bond motifs is 1. The van der Waals surface area contributed by atoms with E-state index < -0.39 is 41.3 Å². The fraction of sp³-hybridized carbons (Fsp3) is 0.394. The molecule has 2 aromatic heterocycles. The van der Waals surface area contributed by atoms with Gasteiger partial charge in [-0.25, -0.2) is 14.1 Å². The highest BCUT2D eigenvalue weighted by atomic mass is 19.4. The lowest BCUT2D eigenvalue weighted by atomic mass is 9.88. The van der Waals surface area contributed by atoms with Crippen LogP contribution in [0.15, 0.2) is 54.7 Å². The fourth-order valence-electron chi connectivity index (χ4n) is 5.58. The third-order valence-corrected chi connectivity index (χ3v) is 8.82. The number of alkyl halides is 3. The molecule has 7 rings (SSSR count). The lowest BCUT2D eigenvalue weighted by Gasteiger charge is -2.32. The number of benzene rings is 2. The van der Waals surface area contributed by atoms with E-state index in [4.69, 9.17) is 14.2 Å². The molecule has 2 N–H and O–H groups in total. The van der Waals surface area contributed by atoms with Gasteiger partial charge in [-0.3, -0.25) is 4.79 Å². The van der Waals surface area contributed by atoms with Gasteiger partial charge in [0, 0.05) is 28.8 Å². The van der Waals surface area contributed by atoms with Crippen LogP contribution >= 0.6 is 0 Å². The summed E-state index contributed by atoms with van der Waals surface area (Å²) in [6.45, 7) is 0.457. The van der Waals surface area contributed by atoms with Crippen molar-refractivity contribution in [2.45, 2.75) is 61.9 Å². The number of carbonyl (C=O) groups is 1.